The van der Waals surface area contributed by atoms with Gasteiger partial charge in [0.1, 0.15) is 5.75 Å². The second kappa shape index (κ2) is 9.03. The second-order valence-electron chi connectivity index (χ2n) is 6.49. The number of hydrogen-bond acceptors (Lipinski definition) is 4. The number of fused-ring (bicyclic) bond motifs is 1. The molecule has 0 spiro atoms. The second-order valence-corrected chi connectivity index (χ2v) is 6.49. The van der Waals surface area contributed by atoms with Gasteiger partial charge in [-0.2, -0.15) is 0 Å². The normalized spacial score (nSPS) is 12.5. The Balaban J connectivity index is 1.49. The predicted molar refractivity (Wildman–Crippen MR) is 105 cm³/mol. The van der Waals surface area contributed by atoms with Crippen LogP contribution in [-0.4, -0.2) is 30.9 Å². The molecule has 0 bridgehead atoms. The Morgan fingerprint density at radius 2 is 1.96 bits per heavy atom. The van der Waals surface area contributed by atoms with Crippen molar-refractivity contribution in [2.45, 2.75) is 26.3 Å². The average molecular weight is 381 g/mol. The van der Waals surface area contributed by atoms with Gasteiger partial charge < -0.3 is 20.7 Å². The highest BCUT2D eigenvalue weighted by Gasteiger charge is 2.15. The molecule has 1 aliphatic heterocycles. The number of ether oxygens (including phenoxy) is 1. The van der Waals surface area contributed by atoms with Crippen LogP contribution in [0.25, 0.3) is 0 Å². The van der Waals surface area contributed by atoms with Gasteiger partial charge in [-0.3, -0.25) is 14.4 Å². The lowest BCUT2D eigenvalue weighted by Crippen LogP contribution is -2.28. The molecule has 0 aromatic heterocycles. The molecule has 0 atom stereocenters. The lowest BCUT2D eigenvalue weighted by molar-refractivity contribution is -0.123. The highest BCUT2D eigenvalue weighted by Crippen LogP contribution is 2.26. The van der Waals surface area contributed by atoms with Gasteiger partial charge in [0.15, 0.2) is 6.61 Å². The fourth-order valence-electron chi connectivity index (χ4n) is 2.94. The van der Waals surface area contributed by atoms with Crippen LogP contribution in [0.3, 0.4) is 0 Å². The molecular formula is C21H23N3O4. The zero-order valence-corrected chi connectivity index (χ0v) is 15.7. The van der Waals surface area contributed by atoms with Gasteiger partial charge in [-0.15, -0.1) is 0 Å². The van der Waals surface area contributed by atoms with Crippen LogP contribution in [0.5, 0.6) is 5.75 Å². The average Bonchev–Trinajstić information content (AvgIpc) is 2.71. The van der Waals surface area contributed by atoms with Gasteiger partial charge in [0.25, 0.3) is 11.8 Å². The highest BCUT2D eigenvalue weighted by molar-refractivity contribution is 5.94. The molecule has 2 aromatic carbocycles. The quantitative estimate of drug-likeness (QED) is 0.684. The van der Waals surface area contributed by atoms with E-state index in [-0.39, 0.29) is 24.3 Å². The van der Waals surface area contributed by atoms with Crippen LogP contribution in [0.1, 0.15) is 34.8 Å². The lowest BCUT2D eigenvalue weighted by atomic mass is 10.0. The number of carbonyl (C=O) groups excluding carboxylic acids is 3. The summed E-state index contributed by atoms with van der Waals surface area (Å²) in [4.78, 5) is 35.3. The smallest absolute Gasteiger partial charge is 0.258 e. The van der Waals surface area contributed by atoms with Gasteiger partial charge in [0.2, 0.25) is 5.91 Å². The van der Waals surface area contributed by atoms with E-state index >= 15 is 0 Å². The van der Waals surface area contributed by atoms with Crippen LogP contribution >= 0.6 is 0 Å². The number of benzene rings is 2. The van der Waals surface area contributed by atoms with Crippen LogP contribution < -0.4 is 20.7 Å². The fraction of sp³-hybridized carbons (Fsp3) is 0.286. The minimum Gasteiger partial charge on any atom is -0.484 e. The number of rotatable bonds is 7. The van der Waals surface area contributed by atoms with E-state index in [4.69, 9.17) is 4.74 Å². The Morgan fingerprint density at radius 3 is 2.79 bits per heavy atom. The first-order valence-corrected chi connectivity index (χ1v) is 9.24. The summed E-state index contributed by atoms with van der Waals surface area (Å²) in [5, 5.41) is 8.34. The Hall–Kier alpha value is -3.35. The monoisotopic (exact) mass is 381 g/mol. The van der Waals surface area contributed by atoms with E-state index in [1.807, 2.05) is 19.1 Å². The first kappa shape index (κ1) is 19.4. The number of aryl methyl sites for hydroxylation is 1. The molecule has 7 heteroatoms. The molecule has 28 heavy (non-hydrogen) atoms. The number of anilines is 1. The van der Waals surface area contributed by atoms with E-state index in [1.54, 1.807) is 30.3 Å². The van der Waals surface area contributed by atoms with Gasteiger partial charge in [0, 0.05) is 30.8 Å². The summed E-state index contributed by atoms with van der Waals surface area (Å²) in [7, 11) is 0. The van der Waals surface area contributed by atoms with E-state index in [2.05, 4.69) is 16.0 Å². The fourth-order valence-corrected chi connectivity index (χ4v) is 2.94. The van der Waals surface area contributed by atoms with E-state index in [1.165, 1.54) is 0 Å². The molecule has 0 radical (unpaired) electrons. The van der Waals surface area contributed by atoms with Crippen molar-refractivity contribution in [1.82, 2.24) is 10.6 Å². The molecule has 2 aromatic rings. The molecule has 3 rings (SSSR count). The molecule has 0 unspecified atom stereocenters. The lowest BCUT2D eigenvalue weighted by Gasteiger charge is -2.17. The van der Waals surface area contributed by atoms with Crippen molar-refractivity contribution in [3.8, 4) is 5.75 Å². The zero-order chi connectivity index (χ0) is 19.9. The Morgan fingerprint density at radius 1 is 1.11 bits per heavy atom. The van der Waals surface area contributed by atoms with Gasteiger partial charge >= 0.3 is 0 Å². The van der Waals surface area contributed by atoms with E-state index in [9.17, 15) is 14.4 Å². The number of amides is 3. The first-order chi connectivity index (χ1) is 13.5. The molecule has 7 nitrogen and oxygen atoms in total. The van der Waals surface area contributed by atoms with Gasteiger partial charge in [-0.1, -0.05) is 12.1 Å². The topological polar surface area (TPSA) is 96.5 Å². The summed E-state index contributed by atoms with van der Waals surface area (Å²) >= 11 is 0. The predicted octanol–water partition coefficient (Wildman–Crippen LogP) is 2.02. The Kier molecular flexibility index (Phi) is 6.26. The van der Waals surface area contributed by atoms with Gasteiger partial charge in [0.05, 0.1) is 0 Å². The number of nitrogens with one attached hydrogen (secondary N) is 3. The maximum absolute atomic E-state index is 12.1. The van der Waals surface area contributed by atoms with Crippen molar-refractivity contribution in [3.05, 3.63) is 59.2 Å². The molecule has 0 saturated heterocycles. The third-order valence-corrected chi connectivity index (χ3v) is 4.36. The summed E-state index contributed by atoms with van der Waals surface area (Å²) in [6.07, 6.45) is 1.11. The van der Waals surface area contributed by atoms with Crippen molar-refractivity contribution in [2.75, 3.05) is 18.5 Å². The summed E-state index contributed by atoms with van der Waals surface area (Å²) in [6.45, 7) is 2.62. The minimum atomic E-state index is -0.255. The van der Waals surface area contributed by atoms with Crippen molar-refractivity contribution < 1.29 is 19.1 Å². The van der Waals surface area contributed by atoms with Crippen LogP contribution in [0.4, 0.5) is 5.69 Å². The Bertz CT molecular complexity index is 895. The van der Waals surface area contributed by atoms with E-state index < -0.39 is 0 Å². The zero-order valence-electron chi connectivity index (χ0n) is 15.7. The van der Waals surface area contributed by atoms with E-state index in [0.717, 1.165) is 16.8 Å². The summed E-state index contributed by atoms with van der Waals surface area (Å²) in [5.74, 6) is 0.206. The molecule has 0 aliphatic carbocycles. The molecule has 0 fully saturated rings. The standard InChI is InChI=1S/C21H23N3O4/c1-2-22-21(27)16-5-3-4-14(10-16)12-23-20(26)13-28-17-7-8-18-15(11-17)6-9-19(25)24-18/h3-5,7-8,10-11H,2,6,9,12-13H2,1H3,(H,22,27)(H,23,26)(H,24,25). The van der Waals surface area contributed by atoms with Crippen LogP contribution in [0.15, 0.2) is 42.5 Å². The number of carbonyl (C=O) groups is 3. The molecule has 3 amide bonds. The molecule has 3 N–H and O–H groups in total. The SMILES string of the molecule is CCNC(=O)c1cccc(CNC(=O)COc2ccc3c(c2)CCC(=O)N3)c1. The number of hydrogen-bond donors (Lipinski definition) is 3. The molecule has 0 saturated carbocycles. The van der Waals surface area contributed by atoms with Crippen molar-refractivity contribution in [3.63, 3.8) is 0 Å². The van der Waals surface area contributed by atoms with Crippen LogP contribution in [0, 0.1) is 0 Å². The molecular weight excluding hydrogens is 358 g/mol. The third-order valence-electron chi connectivity index (χ3n) is 4.36. The van der Waals surface area contributed by atoms with Crippen LogP contribution in [0.2, 0.25) is 0 Å². The van der Waals surface area contributed by atoms with Crippen molar-refractivity contribution in [2.24, 2.45) is 0 Å². The Labute approximate surface area is 163 Å². The summed E-state index contributed by atoms with van der Waals surface area (Å²) in [5.41, 5.74) is 3.19. The molecule has 146 valence electrons. The van der Waals surface area contributed by atoms with Gasteiger partial charge in [-0.05, 0) is 54.8 Å². The summed E-state index contributed by atoms with van der Waals surface area (Å²) < 4.78 is 5.55. The largest absolute Gasteiger partial charge is 0.484 e. The molecule has 1 aliphatic rings. The minimum absolute atomic E-state index is 0.0109. The van der Waals surface area contributed by atoms with Gasteiger partial charge in [-0.25, -0.2) is 0 Å². The first-order valence-electron chi connectivity index (χ1n) is 9.24. The maximum atomic E-state index is 12.1. The molecule has 1 heterocycles. The van der Waals surface area contributed by atoms with E-state index in [0.29, 0.717) is 37.2 Å². The summed E-state index contributed by atoms with van der Waals surface area (Å²) in [6, 6.07) is 12.5. The highest BCUT2D eigenvalue weighted by atomic mass is 16.5. The van der Waals surface area contributed by atoms with Crippen molar-refractivity contribution in [1.29, 1.82) is 0 Å². The van der Waals surface area contributed by atoms with Crippen LogP contribution in [-0.2, 0) is 22.6 Å². The maximum Gasteiger partial charge on any atom is 0.258 e. The van der Waals surface area contributed by atoms with Crippen molar-refractivity contribution >= 4 is 23.4 Å². The third kappa shape index (κ3) is 5.09.